The van der Waals surface area contributed by atoms with Gasteiger partial charge in [-0.05, 0) is 18.2 Å². The number of hydrogen-bond acceptors (Lipinski definition) is 5. The highest BCUT2D eigenvalue weighted by atomic mass is 79.9. The molecule has 0 aliphatic heterocycles. The molecule has 2 heterocycles. The molecule has 0 unspecified atom stereocenters. The second kappa shape index (κ2) is 3.95. The lowest BCUT2D eigenvalue weighted by Gasteiger charge is -2.04. The lowest BCUT2D eigenvalue weighted by molar-refractivity contribution is 0.895. The molecule has 18 heavy (non-hydrogen) atoms. The number of nitrogens with zero attached hydrogens (tertiary/aromatic N) is 4. The van der Waals surface area contributed by atoms with Crippen LogP contribution in [-0.4, -0.2) is 19.7 Å². The standard InChI is InChI=1S/C11H9BrN6/c12-6-2-1-3-7(4-6)18-10-8(5-15-18)9(13)16-11(14)17-10/h1-5H,(H4,13,14,16,17). The minimum absolute atomic E-state index is 0.136. The van der Waals surface area contributed by atoms with Crippen LogP contribution in [0.4, 0.5) is 11.8 Å². The topological polar surface area (TPSA) is 95.6 Å². The predicted octanol–water partition coefficient (Wildman–Crippen LogP) is 1.74. The van der Waals surface area contributed by atoms with E-state index in [2.05, 4.69) is 31.0 Å². The van der Waals surface area contributed by atoms with Gasteiger partial charge >= 0.3 is 0 Å². The molecule has 0 fully saturated rings. The van der Waals surface area contributed by atoms with Gasteiger partial charge in [0.05, 0.1) is 17.3 Å². The maximum Gasteiger partial charge on any atom is 0.224 e. The molecule has 7 heteroatoms. The van der Waals surface area contributed by atoms with Crippen LogP contribution in [0.1, 0.15) is 0 Å². The van der Waals surface area contributed by atoms with E-state index < -0.39 is 0 Å². The van der Waals surface area contributed by atoms with Gasteiger partial charge in [0.25, 0.3) is 0 Å². The van der Waals surface area contributed by atoms with E-state index in [9.17, 15) is 0 Å². The lowest BCUT2D eigenvalue weighted by atomic mass is 10.3. The normalized spacial score (nSPS) is 10.9. The van der Waals surface area contributed by atoms with Crippen LogP contribution in [0.15, 0.2) is 34.9 Å². The van der Waals surface area contributed by atoms with Gasteiger partial charge in [-0.15, -0.1) is 0 Å². The second-order valence-corrected chi connectivity index (χ2v) is 4.66. The maximum atomic E-state index is 5.78. The highest BCUT2D eigenvalue weighted by Gasteiger charge is 2.11. The molecule has 3 rings (SSSR count). The Balaban J connectivity index is 2.30. The van der Waals surface area contributed by atoms with E-state index in [-0.39, 0.29) is 5.95 Å². The summed E-state index contributed by atoms with van der Waals surface area (Å²) in [5.41, 5.74) is 12.9. The van der Waals surface area contributed by atoms with Crippen LogP contribution in [0, 0.1) is 0 Å². The van der Waals surface area contributed by atoms with Crippen molar-refractivity contribution < 1.29 is 0 Å². The third kappa shape index (κ3) is 1.68. The molecule has 0 saturated carbocycles. The summed E-state index contributed by atoms with van der Waals surface area (Å²) in [6.45, 7) is 0. The number of anilines is 2. The van der Waals surface area contributed by atoms with Crippen LogP contribution in [-0.2, 0) is 0 Å². The van der Waals surface area contributed by atoms with Crippen LogP contribution >= 0.6 is 15.9 Å². The average Bonchev–Trinajstić information content (AvgIpc) is 2.72. The molecule has 0 atom stereocenters. The molecule has 0 spiro atoms. The van der Waals surface area contributed by atoms with Crippen LogP contribution < -0.4 is 11.5 Å². The van der Waals surface area contributed by atoms with E-state index in [0.29, 0.717) is 16.9 Å². The lowest BCUT2D eigenvalue weighted by Crippen LogP contribution is -2.03. The molecule has 3 aromatic rings. The number of halogens is 1. The van der Waals surface area contributed by atoms with Gasteiger partial charge < -0.3 is 11.5 Å². The molecular weight excluding hydrogens is 296 g/mol. The van der Waals surface area contributed by atoms with Crippen molar-refractivity contribution in [2.45, 2.75) is 0 Å². The molecule has 0 saturated heterocycles. The second-order valence-electron chi connectivity index (χ2n) is 3.74. The van der Waals surface area contributed by atoms with Crippen molar-refractivity contribution in [3.63, 3.8) is 0 Å². The monoisotopic (exact) mass is 304 g/mol. The van der Waals surface area contributed by atoms with E-state index in [1.807, 2.05) is 24.3 Å². The highest BCUT2D eigenvalue weighted by Crippen LogP contribution is 2.22. The van der Waals surface area contributed by atoms with Crippen molar-refractivity contribution in [1.29, 1.82) is 0 Å². The van der Waals surface area contributed by atoms with Gasteiger partial charge in [0.2, 0.25) is 5.95 Å². The van der Waals surface area contributed by atoms with Gasteiger partial charge in [-0.1, -0.05) is 22.0 Å². The molecule has 0 radical (unpaired) electrons. The molecule has 2 aromatic heterocycles. The first-order chi connectivity index (χ1) is 8.65. The molecule has 0 amide bonds. The fraction of sp³-hybridized carbons (Fsp3) is 0. The van der Waals surface area contributed by atoms with Crippen LogP contribution in [0.25, 0.3) is 16.7 Å². The highest BCUT2D eigenvalue weighted by molar-refractivity contribution is 9.10. The zero-order valence-electron chi connectivity index (χ0n) is 9.21. The van der Waals surface area contributed by atoms with Crippen LogP contribution in [0.5, 0.6) is 0 Å². The van der Waals surface area contributed by atoms with E-state index >= 15 is 0 Å². The number of aromatic nitrogens is 4. The van der Waals surface area contributed by atoms with E-state index in [1.165, 1.54) is 0 Å². The fourth-order valence-electron chi connectivity index (χ4n) is 1.74. The Morgan fingerprint density at radius 2 is 2.00 bits per heavy atom. The van der Waals surface area contributed by atoms with Crippen molar-refractivity contribution in [3.8, 4) is 5.69 Å². The SMILES string of the molecule is Nc1nc(N)c2cnn(-c3cccc(Br)c3)c2n1. The molecule has 0 aliphatic carbocycles. The van der Waals surface area contributed by atoms with Gasteiger partial charge in [-0.25, -0.2) is 4.68 Å². The molecule has 6 nitrogen and oxygen atoms in total. The van der Waals surface area contributed by atoms with E-state index in [0.717, 1.165) is 10.2 Å². The van der Waals surface area contributed by atoms with Gasteiger partial charge in [-0.2, -0.15) is 15.1 Å². The van der Waals surface area contributed by atoms with E-state index in [4.69, 9.17) is 11.5 Å². The van der Waals surface area contributed by atoms with Crippen LogP contribution in [0.3, 0.4) is 0 Å². The number of benzene rings is 1. The number of nitrogen functional groups attached to an aromatic ring is 2. The van der Waals surface area contributed by atoms with Gasteiger partial charge in [0.15, 0.2) is 5.65 Å². The smallest absolute Gasteiger partial charge is 0.224 e. The summed E-state index contributed by atoms with van der Waals surface area (Å²) in [6, 6.07) is 7.71. The van der Waals surface area contributed by atoms with E-state index in [1.54, 1.807) is 10.9 Å². The Kier molecular flexibility index (Phi) is 2.41. The Bertz CT molecular complexity index is 735. The third-order valence-corrected chi connectivity index (χ3v) is 3.02. The third-order valence-electron chi connectivity index (χ3n) is 2.53. The first-order valence-electron chi connectivity index (χ1n) is 5.18. The first-order valence-corrected chi connectivity index (χ1v) is 5.97. The molecule has 4 N–H and O–H groups in total. The van der Waals surface area contributed by atoms with Crippen molar-refractivity contribution in [2.75, 3.05) is 11.5 Å². The zero-order chi connectivity index (χ0) is 12.7. The summed E-state index contributed by atoms with van der Waals surface area (Å²) in [5, 5.41) is 4.95. The Labute approximate surface area is 111 Å². The summed E-state index contributed by atoms with van der Waals surface area (Å²) >= 11 is 3.42. The number of rotatable bonds is 1. The van der Waals surface area contributed by atoms with Crippen LogP contribution in [0.2, 0.25) is 0 Å². The summed E-state index contributed by atoms with van der Waals surface area (Å²) in [7, 11) is 0. The Morgan fingerprint density at radius 1 is 1.17 bits per heavy atom. The summed E-state index contributed by atoms with van der Waals surface area (Å²) in [4.78, 5) is 8.08. The zero-order valence-corrected chi connectivity index (χ0v) is 10.8. The average molecular weight is 305 g/mol. The Morgan fingerprint density at radius 3 is 2.78 bits per heavy atom. The molecular formula is C11H9BrN6. The molecule has 1 aromatic carbocycles. The summed E-state index contributed by atoms with van der Waals surface area (Å²) in [6.07, 6.45) is 1.63. The predicted molar refractivity (Wildman–Crippen MR) is 73.2 cm³/mol. The van der Waals surface area contributed by atoms with Gasteiger partial charge in [-0.3, -0.25) is 0 Å². The van der Waals surface area contributed by atoms with Gasteiger partial charge in [0, 0.05) is 4.47 Å². The van der Waals surface area contributed by atoms with Crippen molar-refractivity contribution >= 4 is 38.7 Å². The first kappa shape index (κ1) is 11.0. The van der Waals surface area contributed by atoms with Crippen molar-refractivity contribution in [1.82, 2.24) is 19.7 Å². The van der Waals surface area contributed by atoms with Crippen molar-refractivity contribution in [2.24, 2.45) is 0 Å². The number of nitrogens with two attached hydrogens (primary N) is 2. The molecule has 0 bridgehead atoms. The largest absolute Gasteiger partial charge is 0.383 e. The minimum Gasteiger partial charge on any atom is -0.383 e. The Hall–Kier alpha value is -2.15. The maximum absolute atomic E-state index is 5.78. The van der Waals surface area contributed by atoms with Gasteiger partial charge in [0.1, 0.15) is 5.82 Å². The molecule has 0 aliphatic rings. The molecule has 90 valence electrons. The summed E-state index contributed by atoms with van der Waals surface area (Å²) < 4.78 is 2.63. The van der Waals surface area contributed by atoms with Crippen molar-refractivity contribution in [3.05, 3.63) is 34.9 Å². The summed E-state index contributed by atoms with van der Waals surface area (Å²) in [5.74, 6) is 0.468. The quantitative estimate of drug-likeness (QED) is 0.714. The fourth-order valence-corrected chi connectivity index (χ4v) is 2.13. The minimum atomic E-state index is 0.136. The number of hydrogen-bond donors (Lipinski definition) is 2. The number of fused-ring (bicyclic) bond motifs is 1.